The number of nitrogens with zero attached hydrogens (tertiary/aromatic N) is 1. The Kier molecular flexibility index (Phi) is 7.49. The van der Waals surface area contributed by atoms with Gasteiger partial charge in [-0.3, -0.25) is 4.99 Å². The molecule has 1 aliphatic rings. The number of rotatable bonds is 7. The Bertz CT molecular complexity index is 476. The first kappa shape index (κ1) is 17.1. The van der Waals surface area contributed by atoms with Gasteiger partial charge < -0.3 is 20.1 Å². The number of ether oxygens (including phenoxy) is 2. The van der Waals surface area contributed by atoms with Gasteiger partial charge in [0.05, 0.1) is 12.7 Å². The molecule has 0 saturated carbocycles. The van der Waals surface area contributed by atoms with E-state index in [2.05, 4.69) is 15.6 Å². The lowest BCUT2D eigenvalue weighted by molar-refractivity contribution is 0.0420. The van der Waals surface area contributed by atoms with Crippen LogP contribution in [0.25, 0.3) is 0 Å². The number of aliphatic imine (C=N–C) groups is 1. The van der Waals surface area contributed by atoms with Crippen molar-refractivity contribution in [3.8, 4) is 0 Å². The average molecular weight is 326 g/mol. The summed E-state index contributed by atoms with van der Waals surface area (Å²) in [6.07, 6.45) is 2.23. The minimum absolute atomic E-state index is 0.278. The maximum Gasteiger partial charge on any atom is 0.191 e. The van der Waals surface area contributed by atoms with Crippen molar-refractivity contribution in [3.05, 3.63) is 34.9 Å². The zero-order chi connectivity index (χ0) is 15.6. The molecular weight excluding hydrogens is 302 g/mol. The quantitative estimate of drug-likeness (QED) is 0.458. The topological polar surface area (TPSA) is 54.9 Å². The molecule has 6 heteroatoms. The summed E-state index contributed by atoms with van der Waals surface area (Å²) < 4.78 is 11.0. The lowest BCUT2D eigenvalue weighted by Crippen LogP contribution is -2.37. The normalized spacial score (nSPS) is 18.5. The molecule has 1 aliphatic heterocycles. The molecule has 22 heavy (non-hydrogen) atoms. The molecular formula is C16H24ClN3O2. The van der Waals surface area contributed by atoms with Crippen LogP contribution in [0.5, 0.6) is 0 Å². The minimum Gasteiger partial charge on any atom is -0.379 e. The highest BCUT2D eigenvalue weighted by Crippen LogP contribution is 2.10. The second kappa shape index (κ2) is 9.66. The van der Waals surface area contributed by atoms with Gasteiger partial charge in [-0.2, -0.15) is 0 Å². The van der Waals surface area contributed by atoms with Crippen molar-refractivity contribution in [2.75, 3.05) is 33.4 Å². The van der Waals surface area contributed by atoms with Crippen LogP contribution in [0.1, 0.15) is 18.4 Å². The van der Waals surface area contributed by atoms with E-state index in [1.165, 1.54) is 0 Å². The van der Waals surface area contributed by atoms with Gasteiger partial charge >= 0.3 is 0 Å². The maximum absolute atomic E-state index is 5.97. The van der Waals surface area contributed by atoms with Crippen molar-refractivity contribution in [1.82, 2.24) is 10.6 Å². The molecule has 1 fully saturated rings. The Morgan fingerprint density at radius 2 is 2.36 bits per heavy atom. The highest BCUT2D eigenvalue weighted by molar-refractivity contribution is 6.30. The Balaban J connectivity index is 1.58. The molecule has 1 aromatic carbocycles. The molecule has 1 aromatic rings. The summed E-state index contributed by atoms with van der Waals surface area (Å²) in [6, 6.07) is 7.79. The van der Waals surface area contributed by atoms with Crippen molar-refractivity contribution in [3.63, 3.8) is 0 Å². The van der Waals surface area contributed by atoms with Gasteiger partial charge in [-0.15, -0.1) is 0 Å². The van der Waals surface area contributed by atoms with E-state index >= 15 is 0 Å². The lowest BCUT2D eigenvalue weighted by Gasteiger charge is -2.13. The van der Waals surface area contributed by atoms with Crippen LogP contribution in [0, 0.1) is 0 Å². The number of halogens is 1. The molecule has 0 bridgehead atoms. The van der Waals surface area contributed by atoms with Crippen LogP contribution < -0.4 is 10.6 Å². The summed E-state index contributed by atoms with van der Waals surface area (Å²) in [6.45, 7) is 3.81. The summed E-state index contributed by atoms with van der Waals surface area (Å²) in [5.41, 5.74) is 1.13. The third kappa shape index (κ3) is 6.22. The third-order valence-corrected chi connectivity index (χ3v) is 3.66. The van der Waals surface area contributed by atoms with Crippen molar-refractivity contribution in [2.24, 2.45) is 4.99 Å². The van der Waals surface area contributed by atoms with Gasteiger partial charge in [0.25, 0.3) is 0 Å². The number of benzene rings is 1. The predicted octanol–water partition coefficient (Wildman–Crippen LogP) is 2.20. The highest BCUT2D eigenvalue weighted by Gasteiger charge is 2.15. The van der Waals surface area contributed by atoms with Crippen LogP contribution in [0.3, 0.4) is 0 Å². The first-order valence-corrected chi connectivity index (χ1v) is 8.04. The molecule has 1 unspecified atom stereocenters. The molecule has 2 N–H and O–H groups in total. The molecule has 122 valence electrons. The minimum atomic E-state index is 0.278. The predicted molar refractivity (Wildman–Crippen MR) is 89.4 cm³/mol. The van der Waals surface area contributed by atoms with Crippen LogP contribution in [-0.4, -0.2) is 45.5 Å². The molecule has 0 amide bonds. The van der Waals surface area contributed by atoms with E-state index in [4.69, 9.17) is 21.1 Å². The van der Waals surface area contributed by atoms with Crippen LogP contribution >= 0.6 is 11.6 Å². The average Bonchev–Trinajstić information content (AvgIpc) is 3.03. The highest BCUT2D eigenvalue weighted by atomic mass is 35.5. The van der Waals surface area contributed by atoms with Gasteiger partial charge in [-0.1, -0.05) is 23.7 Å². The van der Waals surface area contributed by atoms with Crippen LogP contribution in [-0.2, 0) is 16.0 Å². The van der Waals surface area contributed by atoms with Crippen molar-refractivity contribution >= 4 is 17.6 Å². The van der Waals surface area contributed by atoms with Gasteiger partial charge in [0.2, 0.25) is 0 Å². The molecule has 0 aromatic heterocycles. The second-order valence-electron chi connectivity index (χ2n) is 5.19. The first-order chi connectivity index (χ1) is 10.8. The Labute approximate surface area is 137 Å². The zero-order valence-corrected chi connectivity index (χ0v) is 13.7. The van der Waals surface area contributed by atoms with E-state index < -0.39 is 0 Å². The van der Waals surface area contributed by atoms with E-state index in [-0.39, 0.29) is 6.10 Å². The Hall–Kier alpha value is -1.30. The van der Waals surface area contributed by atoms with Gasteiger partial charge in [-0.25, -0.2) is 0 Å². The lowest BCUT2D eigenvalue weighted by atomic mass is 10.2. The molecule has 1 atom stereocenters. The van der Waals surface area contributed by atoms with E-state index in [0.29, 0.717) is 6.54 Å². The molecule has 0 aliphatic carbocycles. The van der Waals surface area contributed by atoms with Gasteiger partial charge in [0, 0.05) is 38.4 Å². The smallest absolute Gasteiger partial charge is 0.191 e. The zero-order valence-electron chi connectivity index (χ0n) is 13.0. The summed E-state index contributed by atoms with van der Waals surface area (Å²) in [7, 11) is 1.76. The fourth-order valence-corrected chi connectivity index (χ4v) is 2.44. The fraction of sp³-hybridized carbons (Fsp3) is 0.562. The number of hydrogen-bond acceptors (Lipinski definition) is 3. The second-order valence-corrected chi connectivity index (χ2v) is 5.63. The van der Waals surface area contributed by atoms with Gasteiger partial charge in [-0.05, 0) is 30.5 Å². The molecule has 1 heterocycles. The summed E-state index contributed by atoms with van der Waals surface area (Å²) >= 11 is 5.97. The van der Waals surface area contributed by atoms with E-state index in [1.807, 2.05) is 24.3 Å². The van der Waals surface area contributed by atoms with E-state index in [1.54, 1.807) is 7.05 Å². The van der Waals surface area contributed by atoms with Crippen molar-refractivity contribution < 1.29 is 9.47 Å². The molecule has 5 nitrogen and oxygen atoms in total. The SMILES string of the molecule is CN=C(NCCCOC1CCOC1)NCc1cccc(Cl)c1. The number of hydrogen-bond donors (Lipinski definition) is 2. The van der Waals surface area contributed by atoms with Crippen molar-refractivity contribution in [1.29, 1.82) is 0 Å². The fourth-order valence-electron chi connectivity index (χ4n) is 2.23. The Morgan fingerprint density at radius 1 is 1.45 bits per heavy atom. The monoisotopic (exact) mass is 325 g/mol. The van der Waals surface area contributed by atoms with Crippen molar-refractivity contribution in [2.45, 2.75) is 25.5 Å². The largest absolute Gasteiger partial charge is 0.379 e. The van der Waals surface area contributed by atoms with Crippen LogP contribution in [0.2, 0.25) is 5.02 Å². The van der Waals surface area contributed by atoms with E-state index in [9.17, 15) is 0 Å². The summed E-state index contributed by atoms with van der Waals surface area (Å²) in [5, 5.41) is 7.28. The van der Waals surface area contributed by atoms with E-state index in [0.717, 1.165) is 55.8 Å². The standard InChI is InChI=1S/C16H24ClN3O2/c1-18-16(20-11-13-4-2-5-14(17)10-13)19-7-3-8-22-15-6-9-21-12-15/h2,4-5,10,15H,3,6-9,11-12H2,1H3,(H2,18,19,20). The number of guanidine groups is 1. The maximum atomic E-state index is 5.97. The van der Waals surface area contributed by atoms with Gasteiger partial charge in [0.15, 0.2) is 5.96 Å². The third-order valence-electron chi connectivity index (χ3n) is 3.43. The number of nitrogens with one attached hydrogen (secondary N) is 2. The van der Waals surface area contributed by atoms with Crippen LogP contribution in [0.4, 0.5) is 0 Å². The summed E-state index contributed by atoms with van der Waals surface area (Å²) in [5.74, 6) is 0.782. The molecule has 0 radical (unpaired) electrons. The summed E-state index contributed by atoms with van der Waals surface area (Å²) in [4.78, 5) is 4.20. The van der Waals surface area contributed by atoms with Gasteiger partial charge in [0.1, 0.15) is 0 Å². The van der Waals surface area contributed by atoms with Crippen LogP contribution in [0.15, 0.2) is 29.3 Å². The Morgan fingerprint density at radius 3 is 3.09 bits per heavy atom. The molecule has 0 spiro atoms. The molecule has 1 saturated heterocycles. The molecule has 2 rings (SSSR count). The first-order valence-electron chi connectivity index (χ1n) is 7.66.